The van der Waals surface area contributed by atoms with Crippen LogP contribution in [0.3, 0.4) is 0 Å². The second-order valence-electron chi connectivity index (χ2n) is 4.99. The van der Waals surface area contributed by atoms with Gasteiger partial charge in [-0.1, -0.05) is 0 Å². The van der Waals surface area contributed by atoms with Crippen molar-refractivity contribution in [2.75, 3.05) is 5.32 Å². The van der Waals surface area contributed by atoms with Gasteiger partial charge in [0, 0.05) is 11.6 Å². The molecule has 0 amide bonds. The van der Waals surface area contributed by atoms with Gasteiger partial charge in [0.05, 0.1) is 12.5 Å². The fraction of sp³-hybridized carbons (Fsp3) is 0.583. The molecule has 0 aromatic carbocycles. The summed E-state index contributed by atoms with van der Waals surface area (Å²) in [7, 11) is 0. The van der Waals surface area contributed by atoms with Gasteiger partial charge in [0.1, 0.15) is 12.1 Å². The molecule has 6 nitrogen and oxygen atoms in total. The quantitative estimate of drug-likeness (QED) is 0.805. The maximum Gasteiger partial charge on any atom is 0.305 e. The smallest absolute Gasteiger partial charge is 0.305 e. The summed E-state index contributed by atoms with van der Waals surface area (Å²) >= 11 is 0. The molecule has 0 saturated heterocycles. The van der Waals surface area contributed by atoms with Crippen molar-refractivity contribution in [2.24, 2.45) is 0 Å². The molecule has 0 bridgehead atoms. The highest BCUT2D eigenvalue weighted by atomic mass is 16.5. The van der Waals surface area contributed by atoms with Crippen molar-refractivity contribution in [3.05, 3.63) is 12.4 Å². The summed E-state index contributed by atoms with van der Waals surface area (Å²) < 4.78 is 5.44. The summed E-state index contributed by atoms with van der Waals surface area (Å²) in [6, 6.07) is 1.66. The first-order valence-corrected chi connectivity index (χ1v) is 5.77. The van der Waals surface area contributed by atoms with Gasteiger partial charge in [-0.25, -0.2) is 9.97 Å². The maximum atomic E-state index is 10.7. The third-order valence-corrected chi connectivity index (χ3v) is 2.06. The fourth-order valence-electron chi connectivity index (χ4n) is 1.48. The number of carbonyl (C=O) groups is 1. The van der Waals surface area contributed by atoms with Gasteiger partial charge in [0.2, 0.25) is 5.88 Å². The number of aliphatic carboxylic acids is 1. The summed E-state index contributed by atoms with van der Waals surface area (Å²) in [5, 5.41) is 11.9. The van der Waals surface area contributed by atoms with Crippen LogP contribution in [0.25, 0.3) is 0 Å². The highest BCUT2D eigenvalue weighted by molar-refractivity contribution is 5.69. The first-order valence-electron chi connectivity index (χ1n) is 5.77. The van der Waals surface area contributed by atoms with Crippen molar-refractivity contribution >= 4 is 11.8 Å². The van der Waals surface area contributed by atoms with E-state index in [1.165, 1.54) is 6.33 Å². The number of anilines is 1. The number of nitrogens with one attached hydrogen (secondary N) is 1. The van der Waals surface area contributed by atoms with Crippen molar-refractivity contribution < 1.29 is 14.6 Å². The molecule has 1 heterocycles. The third kappa shape index (κ3) is 4.99. The zero-order chi connectivity index (χ0) is 13.8. The van der Waals surface area contributed by atoms with Gasteiger partial charge in [-0.05, 0) is 27.7 Å². The SMILES string of the molecule is CC(C)Oc1cc(NC(C)(C)CC(=O)O)ncn1. The molecular formula is C12H19N3O3. The van der Waals surface area contributed by atoms with Crippen molar-refractivity contribution in [2.45, 2.75) is 45.8 Å². The lowest BCUT2D eigenvalue weighted by atomic mass is 10.0. The first-order chi connectivity index (χ1) is 8.28. The van der Waals surface area contributed by atoms with E-state index in [0.717, 1.165) is 0 Å². The molecule has 1 aromatic heterocycles. The Balaban J connectivity index is 2.75. The molecule has 0 atom stereocenters. The van der Waals surface area contributed by atoms with Gasteiger partial charge >= 0.3 is 5.97 Å². The van der Waals surface area contributed by atoms with Gasteiger partial charge in [-0.15, -0.1) is 0 Å². The monoisotopic (exact) mass is 253 g/mol. The Bertz CT molecular complexity index is 419. The van der Waals surface area contributed by atoms with Crippen LogP contribution in [0.1, 0.15) is 34.1 Å². The van der Waals surface area contributed by atoms with E-state index in [1.54, 1.807) is 19.9 Å². The summed E-state index contributed by atoms with van der Waals surface area (Å²) in [6.45, 7) is 7.41. The summed E-state index contributed by atoms with van der Waals surface area (Å²) in [6.07, 6.45) is 1.41. The van der Waals surface area contributed by atoms with Crippen LogP contribution < -0.4 is 10.1 Å². The lowest BCUT2D eigenvalue weighted by Crippen LogP contribution is -2.34. The largest absolute Gasteiger partial charge is 0.481 e. The Morgan fingerprint density at radius 3 is 2.72 bits per heavy atom. The molecule has 0 aliphatic carbocycles. The standard InChI is InChI=1S/C12H19N3O3/c1-8(2)18-10-5-9(13-7-14-10)15-12(3,4)6-11(16)17/h5,7-8H,6H2,1-4H3,(H,16,17)(H,13,14,15). The van der Waals surface area contributed by atoms with Crippen LogP contribution in [-0.4, -0.2) is 32.7 Å². The summed E-state index contributed by atoms with van der Waals surface area (Å²) in [5.74, 6) is 0.153. The normalized spacial score (nSPS) is 11.4. The molecule has 18 heavy (non-hydrogen) atoms. The van der Waals surface area contributed by atoms with E-state index < -0.39 is 11.5 Å². The minimum Gasteiger partial charge on any atom is -0.481 e. The van der Waals surface area contributed by atoms with Gasteiger partial charge in [-0.3, -0.25) is 4.79 Å². The first kappa shape index (κ1) is 14.2. The molecule has 0 fully saturated rings. The van der Waals surface area contributed by atoms with Crippen molar-refractivity contribution in [1.29, 1.82) is 0 Å². The number of ether oxygens (including phenoxy) is 1. The molecule has 0 radical (unpaired) electrons. The molecule has 6 heteroatoms. The molecule has 100 valence electrons. The number of rotatable bonds is 6. The number of nitrogens with zero attached hydrogens (tertiary/aromatic N) is 2. The molecule has 0 unspecified atom stereocenters. The topological polar surface area (TPSA) is 84.3 Å². The molecule has 1 rings (SSSR count). The molecule has 0 aliphatic heterocycles. The Hall–Kier alpha value is -1.85. The lowest BCUT2D eigenvalue weighted by molar-refractivity contribution is -0.137. The van der Waals surface area contributed by atoms with Crippen LogP contribution in [0.4, 0.5) is 5.82 Å². The van der Waals surface area contributed by atoms with Gasteiger partial charge < -0.3 is 15.2 Å². The van der Waals surface area contributed by atoms with Gasteiger partial charge in [0.15, 0.2) is 0 Å². The minimum atomic E-state index is -0.861. The van der Waals surface area contributed by atoms with Crippen LogP contribution in [0.2, 0.25) is 0 Å². The van der Waals surface area contributed by atoms with Gasteiger partial charge in [0.25, 0.3) is 0 Å². The number of hydrogen-bond donors (Lipinski definition) is 2. The second-order valence-corrected chi connectivity index (χ2v) is 4.99. The van der Waals surface area contributed by atoms with E-state index in [4.69, 9.17) is 9.84 Å². The van der Waals surface area contributed by atoms with E-state index in [9.17, 15) is 4.79 Å². The highest BCUT2D eigenvalue weighted by Crippen LogP contribution is 2.19. The Morgan fingerprint density at radius 2 is 2.17 bits per heavy atom. The van der Waals surface area contributed by atoms with Crippen LogP contribution in [0, 0.1) is 0 Å². The number of hydrogen-bond acceptors (Lipinski definition) is 5. The Morgan fingerprint density at radius 1 is 1.50 bits per heavy atom. The molecule has 0 saturated carbocycles. The van der Waals surface area contributed by atoms with E-state index in [2.05, 4.69) is 15.3 Å². The van der Waals surface area contributed by atoms with E-state index in [0.29, 0.717) is 11.7 Å². The van der Waals surface area contributed by atoms with E-state index in [1.807, 2.05) is 13.8 Å². The van der Waals surface area contributed by atoms with Crippen LogP contribution in [-0.2, 0) is 4.79 Å². The average Bonchev–Trinajstić information content (AvgIpc) is 2.13. The molecule has 0 aliphatic rings. The lowest BCUT2D eigenvalue weighted by Gasteiger charge is -2.24. The second kappa shape index (κ2) is 5.66. The Kier molecular flexibility index (Phi) is 4.47. The fourth-order valence-corrected chi connectivity index (χ4v) is 1.48. The van der Waals surface area contributed by atoms with Crippen molar-refractivity contribution in [3.63, 3.8) is 0 Å². The molecule has 1 aromatic rings. The maximum absolute atomic E-state index is 10.7. The molecule has 2 N–H and O–H groups in total. The van der Waals surface area contributed by atoms with E-state index in [-0.39, 0.29) is 12.5 Å². The zero-order valence-corrected chi connectivity index (χ0v) is 11.1. The number of aromatic nitrogens is 2. The van der Waals surface area contributed by atoms with E-state index >= 15 is 0 Å². The average molecular weight is 253 g/mol. The summed E-state index contributed by atoms with van der Waals surface area (Å²) in [5.41, 5.74) is -0.588. The van der Waals surface area contributed by atoms with Crippen molar-refractivity contribution in [3.8, 4) is 5.88 Å². The van der Waals surface area contributed by atoms with Crippen LogP contribution in [0.15, 0.2) is 12.4 Å². The van der Waals surface area contributed by atoms with Crippen LogP contribution in [0.5, 0.6) is 5.88 Å². The van der Waals surface area contributed by atoms with Gasteiger partial charge in [-0.2, -0.15) is 0 Å². The highest BCUT2D eigenvalue weighted by Gasteiger charge is 2.22. The predicted molar refractivity (Wildman–Crippen MR) is 67.8 cm³/mol. The number of carboxylic acid groups (broad SMARTS) is 1. The summed E-state index contributed by atoms with van der Waals surface area (Å²) in [4.78, 5) is 18.7. The third-order valence-electron chi connectivity index (χ3n) is 2.06. The molecular weight excluding hydrogens is 234 g/mol. The molecule has 0 spiro atoms. The zero-order valence-electron chi connectivity index (χ0n) is 11.1. The van der Waals surface area contributed by atoms with Crippen LogP contribution >= 0.6 is 0 Å². The minimum absolute atomic E-state index is 0.00261. The predicted octanol–water partition coefficient (Wildman–Crippen LogP) is 1.93. The Labute approximate surface area is 106 Å². The van der Waals surface area contributed by atoms with Crippen molar-refractivity contribution in [1.82, 2.24) is 9.97 Å². The number of carboxylic acids is 1.